The predicted octanol–water partition coefficient (Wildman–Crippen LogP) is 3.21. The van der Waals surface area contributed by atoms with Crippen molar-refractivity contribution in [2.24, 2.45) is 5.92 Å². The van der Waals surface area contributed by atoms with Crippen LogP contribution in [0, 0.1) is 18.7 Å². The highest BCUT2D eigenvalue weighted by atomic mass is 19.1. The molecule has 0 spiro atoms. The highest BCUT2D eigenvalue weighted by Crippen LogP contribution is 2.36. The maximum Gasteiger partial charge on any atom is 0.168 e. The minimum atomic E-state index is -0.295. The summed E-state index contributed by atoms with van der Waals surface area (Å²) in [6.07, 6.45) is 1.94. The van der Waals surface area contributed by atoms with Crippen LogP contribution in [0.2, 0.25) is 0 Å². The molecular weight excluding hydrogens is 205 g/mol. The molecule has 2 nitrogen and oxygen atoms in total. The highest BCUT2D eigenvalue weighted by Gasteiger charge is 2.32. The fourth-order valence-corrected chi connectivity index (χ4v) is 2.17. The number of aromatic nitrogens is 1. The van der Waals surface area contributed by atoms with E-state index in [0.29, 0.717) is 5.56 Å². The van der Waals surface area contributed by atoms with Crippen LogP contribution in [0.15, 0.2) is 18.2 Å². The summed E-state index contributed by atoms with van der Waals surface area (Å²) in [7, 11) is 0. The number of benzene rings is 1. The van der Waals surface area contributed by atoms with Crippen LogP contribution in [-0.2, 0) is 0 Å². The number of hydrogen-bond donors (Lipinski definition) is 1. The molecule has 0 bridgehead atoms. The van der Waals surface area contributed by atoms with Crippen LogP contribution in [0.1, 0.15) is 28.9 Å². The molecule has 16 heavy (non-hydrogen) atoms. The van der Waals surface area contributed by atoms with Crippen molar-refractivity contribution in [1.29, 1.82) is 0 Å². The molecule has 1 aromatic carbocycles. The molecule has 2 aromatic rings. The third-order valence-electron chi connectivity index (χ3n) is 3.14. The van der Waals surface area contributed by atoms with E-state index in [1.807, 2.05) is 6.92 Å². The van der Waals surface area contributed by atoms with E-state index in [-0.39, 0.29) is 17.5 Å². The molecule has 0 atom stereocenters. The smallest absolute Gasteiger partial charge is 0.168 e. The quantitative estimate of drug-likeness (QED) is 0.770. The zero-order valence-corrected chi connectivity index (χ0v) is 9.01. The van der Waals surface area contributed by atoms with Crippen LogP contribution < -0.4 is 0 Å². The normalized spacial score (nSPS) is 15.6. The monoisotopic (exact) mass is 217 g/mol. The second-order valence-electron chi connectivity index (χ2n) is 4.45. The molecule has 1 N–H and O–H groups in total. The first-order valence-corrected chi connectivity index (χ1v) is 5.49. The molecule has 3 rings (SSSR count). The van der Waals surface area contributed by atoms with Crippen LogP contribution in [0.4, 0.5) is 4.39 Å². The molecule has 0 aliphatic heterocycles. The van der Waals surface area contributed by atoms with Crippen LogP contribution in [-0.4, -0.2) is 10.8 Å². The number of rotatable bonds is 2. The molecule has 0 radical (unpaired) electrons. The van der Waals surface area contributed by atoms with E-state index >= 15 is 0 Å². The number of carbonyl (C=O) groups excluding carboxylic acids is 1. The zero-order chi connectivity index (χ0) is 11.3. The van der Waals surface area contributed by atoms with E-state index in [4.69, 9.17) is 0 Å². The van der Waals surface area contributed by atoms with Crippen molar-refractivity contribution < 1.29 is 9.18 Å². The van der Waals surface area contributed by atoms with E-state index in [2.05, 4.69) is 4.98 Å². The highest BCUT2D eigenvalue weighted by molar-refractivity contribution is 6.11. The van der Waals surface area contributed by atoms with Crippen LogP contribution in [0.5, 0.6) is 0 Å². The Bertz CT molecular complexity index is 581. The summed E-state index contributed by atoms with van der Waals surface area (Å²) in [6, 6.07) is 4.53. The summed E-state index contributed by atoms with van der Waals surface area (Å²) in [4.78, 5) is 15.2. The molecule has 0 saturated heterocycles. The Kier molecular flexibility index (Phi) is 1.90. The number of halogens is 1. The van der Waals surface area contributed by atoms with Crippen molar-refractivity contribution in [3.05, 3.63) is 35.3 Å². The lowest BCUT2D eigenvalue weighted by Gasteiger charge is -1.98. The number of hydrogen-bond acceptors (Lipinski definition) is 1. The summed E-state index contributed by atoms with van der Waals surface area (Å²) >= 11 is 0. The van der Waals surface area contributed by atoms with Gasteiger partial charge >= 0.3 is 0 Å². The lowest BCUT2D eigenvalue weighted by atomic mass is 10.0. The maximum absolute atomic E-state index is 13.2. The molecule has 82 valence electrons. The van der Waals surface area contributed by atoms with Crippen LogP contribution >= 0.6 is 0 Å². The third kappa shape index (κ3) is 1.35. The second-order valence-corrected chi connectivity index (χ2v) is 4.45. The standard InChI is InChI=1S/C13H12FNO/c1-7-12(13(16)8-2-3-8)10-6-9(14)4-5-11(10)15-7/h4-6,8,15H,2-3H2,1H3. The number of Topliss-reactive ketones (excluding diaryl/α,β-unsaturated/α-hetero) is 1. The molecule has 0 unspecified atom stereocenters. The Labute approximate surface area is 92.5 Å². The molecule has 1 aliphatic rings. The van der Waals surface area contributed by atoms with Gasteiger partial charge < -0.3 is 4.98 Å². The SMILES string of the molecule is Cc1[nH]c2ccc(F)cc2c1C(=O)C1CC1. The van der Waals surface area contributed by atoms with Crippen molar-refractivity contribution in [1.82, 2.24) is 4.98 Å². The van der Waals surface area contributed by atoms with Gasteiger partial charge in [0.25, 0.3) is 0 Å². The van der Waals surface area contributed by atoms with E-state index in [9.17, 15) is 9.18 Å². The van der Waals surface area contributed by atoms with Gasteiger partial charge in [-0.1, -0.05) is 0 Å². The molecule has 1 fully saturated rings. The molecule has 1 heterocycles. The van der Waals surface area contributed by atoms with Gasteiger partial charge in [-0.05, 0) is 38.0 Å². The molecule has 0 amide bonds. The molecule has 1 saturated carbocycles. The number of aryl methyl sites for hydroxylation is 1. The Balaban J connectivity index is 2.24. The number of fused-ring (bicyclic) bond motifs is 1. The Hall–Kier alpha value is -1.64. The van der Waals surface area contributed by atoms with Gasteiger partial charge in [0.1, 0.15) is 5.82 Å². The average Bonchev–Trinajstić information content (AvgIpc) is 3.01. The summed E-state index contributed by atoms with van der Waals surface area (Å²) in [6.45, 7) is 1.87. The van der Waals surface area contributed by atoms with E-state index in [1.165, 1.54) is 12.1 Å². The fraction of sp³-hybridized carbons (Fsp3) is 0.308. The summed E-state index contributed by atoms with van der Waals surface area (Å²) < 4.78 is 13.2. The summed E-state index contributed by atoms with van der Waals surface area (Å²) in [5, 5.41) is 0.717. The van der Waals surface area contributed by atoms with Gasteiger partial charge in [0.05, 0.1) is 0 Å². The lowest BCUT2D eigenvalue weighted by molar-refractivity contribution is 0.0968. The maximum atomic E-state index is 13.2. The van der Waals surface area contributed by atoms with Gasteiger partial charge in [-0.2, -0.15) is 0 Å². The van der Waals surface area contributed by atoms with Gasteiger partial charge in [0.15, 0.2) is 5.78 Å². The topological polar surface area (TPSA) is 32.9 Å². The van der Waals surface area contributed by atoms with Crippen molar-refractivity contribution in [3.8, 4) is 0 Å². The third-order valence-corrected chi connectivity index (χ3v) is 3.14. The molecular formula is C13H12FNO. The Morgan fingerprint density at radius 2 is 2.19 bits per heavy atom. The first-order chi connectivity index (χ1) is 7.66. The second kappa shape index (κ2) is 3.17. The van der Waals surface area contributed by atoms with E-state index < -0.39 is 0 Å². The molecule has 3 heteroatoms. The van der Waals surface area contributed by atoms with Crippen molar-refractivity contribution >= 4 is 16.7 Å². The van der Waals surface area contributed by atoms with Gasteiger partial charge in [0.2, 0.25) is 0 Å². The molecule has 1 aliphatic carbocycles. The lowest BCUT2D eigenvalue weighted by Crippen LogP contribution is -2.02. The van der Waals surface area contributed by atoms with Crippen molar-refractivity contribution in [2.75, 3.05) is 0 Å². The minimum absolute atomic E-state index is 0.161. The minimum Gasteiger partial charge on any atom is -0.358 e. The zero-order valence-electron chi connectivity index (χ0n) is 9.01. The van der Waals surface area contributed by atoms with Crippen molar-refractivity contribution in [2.45, 2.75) is 19.8 Å². The number of H-pyrrole nitrogens is 1. The summed E-state index contributed by atoms with van der Waals surface area (Å²) in [5.41, 5.74) is 2.36. The van der Waals surface area contributed by atoms with E-state index in [1.54, 1.807) is 6.07 Å². The van der Waals surface area contributed by atoms with Gasteiger partial charge in [0, 0.05) is 28.1 Å². The largest absolute Gasteiger partial charge is 0.358 e. The van der Waals surface area contributed by atoms with Gasteiger partial charge in [-0.3, -0.25) is 4.79 Å². The van der Waals surface area contributed by atoms with Crippen LogP contribution in [0.3, 0.4) is 0 Å². The van der Waals surface area contributed by atoms with Crippen LogP contribution in [0.25, 0.3) is 10.9 Å². The van der Waals surface area contributed by atoms with E-state index in [0.717, 1.165) is 29.4 Å². The predicted molar refractivity (Wildman–Crippen MR) is 60.0 cm³/mol. The number of aromatic amines is 1. The fourth-order valence-electron chi connectivity index (χ4n) is 2.17. The first kappa shape index (κ1) is 9.58. The van der Waals surface area contributed by atoms with Gasteiger partial charge in [-0.25, -0.2) is 4.39 Å². The number of nitrogens with one attached hydrogen (secondary N) is 1. The van der Waals surface area contributed by atoms with Gasteiger partial charge in [-0.15, -0.1) is 0 Å². The first-order valence-electron chi connectivity index (χ1n) is 5.49. The average molecular weight is 217 g/mol. The van der Waals surface area contributed by atoms with Crippen molar-refractivity contribution in [3.63, 3.8) is 0 Å². The number of carbonyl (C=O) groups is 1. The number of ketones is 1. The Morgan fingerprint density at radius 1 is 1.44 bits per heavy atom. The molecule has 1 aromatic heterocycles. The summed E-state index contributed by atoms with van der Waals surface area (Å²) in [5.74, 6) is 0.0339. The Morgan fingerprint density at radius 3 is 2.88 bits per heavy atom.